The van der Waals surface area contributed by atoms with Crippen molar-refractivity contribution in [1.29, 1.82) is 0 Å². The van der Waals surface area contributed by atoms with Crippen LogP contribution in [0.25, 0.3) is 30.6 Å². The van der Waals surface area contributed by atoms with E-state index in [9.17, 15) is 0 Å². The van der Waals surface area contributed by atoms with Gasteiger partial charge in [-0.2, -0.15) is 0 Å². The highest BCUT2D eigenvalue weighted by Gasteiger charge is 2.09. The predicted molar refractivity (Wildman–Crippen MR) is 167 cm³/mol. The zero-order valence-corrected chi connectivity index (χ0v) is 24.7. The van der Waals surface area contributed by atoms with E-state index in [0.29, 0.717) is 0 Å². The molecule has 0 spiro atoms. The van der Waals surface area contributed by atoms with E-state index in [2.05, 4.69) is 86.6 Å². The summed E-state index contributed by atoms with van der Waals surface area (Å²) >= 11 is 3.75. The first-order valence-electron chi connectivity index (χ1n) is 14.3. The molecule has 0 amide bonds. The van der Waals surface area contributed by atoms with Gasteiger partial charge in [-0.15, -0.1) is 22.7 Å². The van der Waals surface area contributed by atoms with Crippen molar-refractivity contribution in [2.75, 3.05) is 26.4 Å². The van der Waals surface area contributed by atoms with E-state index in [1.807, 2.05) is 22.7 Å². The third kappa shape index (κ3) is 8.91. The number of ether oxygens (including phenoxy) is 2. The van der Waals surface area contributed by atoms with E-state index in [0.717, 1.165) is 39.3 Å². The van der Waals surface area contributed by atoms with Crippen LogP contribution in [0.15, 0.2) is 72.8 Å². The van der Waals surface area contributed by atoms with Crippen LogP contribution in [-0.2, 0) is 22.3 Å². The van der Waals surface area contributed by atoms with Gasteiger partial charge in [-0.05, 0) is 72.2 Å². The van der Waals surface area contributed by atoms with Gasteiger partial charge in [0.2, 0.25) is 0 Å². The average Bonchev–Trinajstić information content (AvgIpc) is 3.64. The molecule has 0 unspecified atom stereocenters. The maximum atomic E-state index is 5.78. The Balaban J connectivity index is 1.28. The molecule has 2 aromatic heterocycles. The Kier molecular flexibility index (Phi) is 12.1. The summed E-state index contributed by atoms with van der Waals surface area (Å²) < 4.78 is 11.6. The normalized spacial score (nSPS) is 11.3. The maximum absolute atomic E-state index is 5.78. The molecule has 0 fully saturated rings. The molecule has 0 radical (unpaired) electrons. The molecule has 4 aromatic rings. The van der Waals surface area contributed by atoms with Crippen molar-refractivity contribution < 1.29 is 9.47 Å². The van der Waals surface area contributed by atoms with Crippen LogP contribution >= 0.6 is 22.7 Å². The number of hydrogen-bond acceptors (Lipinski definition) is 4. The predicted octanol–water partition coefficient (Wildman–Crippen LogP) is 10.3. The van der Waals surface area contributed by atoms with E-state index in [4.69, 9.17) is 9.47 Å². The van der Waals surface area contributed by atoms with Gasteiger partial charge in [-0.1, -0.05) is 88.1 Å². The fourth-order valence-corrected chi connectivity index (χ4v) is 6.53. The second-order valence-corrected chi connectivity index (χ2v) is 12.0. The summed E-state index contributed by atoms with van der Waals surface area (Å²) in [7, 11) is 0. The Morgan fingerprint density at radius 2 is 0.842 bits per heavy atom. The molecule has 0 aliphatic carbocycles. The molecule has 202 valence electrons. The van der Waals surface area contributed by atoms with E-state index >= 15 is 0 Å². The SMILES string of the molecule is CCCCCOCCc1ccc(-c2ccc(-c3ccc(-c4ccc(CCOCCCCC)cc4)s3)s2)cc1. The second-order valence-electron chi connectivity index (χ2n) is 9.86. The van der Waals surface area contributed by atoms with E-state index in [1.54, 1.807) is 0 Å². The van der Waals surface area contributed by atoms with Gasteiger partial charge in [0.15, 0.2) is 0 Å². The van der Waals surface area contributed by atoms with E-state index < -0.39 is 0 Å². The molecule has 0 bridgehead atoms. The van der Waals surface area contributed by atoms with Gasteiger partial charge in [0.05, 0.1) is 13.2 Å². The number of thiophene rings is 2. The van der Waals surface area contributed by atoms with Crippen molar-refractivity contribution in [2.24, 2.45) is 0 Å². The molecule has 0 atom stereocenters. The molecule has 2 aromatic carbocycles. The first-order valence-corrected chi connectivity index (χ1v) is 15.9. The van der Waals surface area contributed by atoms with E-state index in [1.165, 1.54) is 80.3 Å². The first-order chi connectivity index (χ1) is 18.8. The van der Waals surface area contributed by atoms with Crippen LogP contribution in [0.1, 0.15) is 63.5 Å². The summed E-state index contributed by atoms with van der Waals surface area (Å²) in [6.07, 6.45) is 9.30. The minimum Gasteiger partial charge on any atom is -0.381 e. The van der Waals surface area contributed by atoms with Gasteiger partial charge in [-0.3, -0.25) is 0 Å². The molecule has 0 aliphatic heterocycles. The molecule has 2 heterocycles. The summed E-state index contributed by atoms with van der Waals surface area (Å²) in [5.41, 5.74) is 5.26. The zero-order chi connectivity index (χ0) is 26.4. The molecule has 38 heavy (non-hydrogen) atoms. The molecule has 0 saturated carbocycles. The lowest BCUT2D eigenvalue weighted by Gasteiger charge is -2.05. The van der Waals surface area contributed by atoms with Crippen molar-refractivity contribution in [3.8, 4) is 30.6 Å². The molecular formula is C34H42O2S2. The molecule has 0 N–H and O–H groups in total. The lowest BCUT2D eigenvalue weighted by Crippen LogP contribution is -2.00. The van der Waals surface area contributed by atoms with Crippen LogP contribution in [0.4, 0.5) is 0 Å². The third-order valence-electron chi connectivity index (χ3n) is 6.79. The van der Waals surface area contributed by atoms with Crippen LogP contribution in [-0.4, -0.2) is 26.4 Å². The molecule has 0 aliphatic rings. The van der Waals surface area contributed by atoms with Gasteiger partial charge >= 0.3 is 0 Å². The smallest absolute Gasteiger partial charge is 0.0506 e. The number of hydrogen-bond donors (Lipinski definition) is 0. The molecule has 4 heteroatoms. The minimum absolute atomic E-state index is 0.809. The Bertz CT molecular complexity index is 1090. The highest BCUT2D eigenvalue weighted by atomic mass is 32.1. The Morgan fingerprint density at radius 3 is 1.24 bits per heavy atom. The second kappa shape index (κ2) is 16.0. The highest BCUT2D eigenvalue weighted by molar-refractivity contribution is 7.25. The summed E-state index contributed by atoms with van der Waals surface area (Å²) in [6.45, 7) is 7.83. The number of benzene rings is 2. The van der Waals surface area contributed by atoms with Crippen LogP contribution in [0, 0.1) is 0 Å². The molecule has 2 nitrogen and oxygen atoms in total. The Hall–Kier alpha value is -2.24. The van der Waals surface area contributed by atoms with Gasteiger partial charge in [0.1, 0.15) is 0 Å². The Morgan fingerprint density at radius 1 is 0.447 bits per heavy atom. The summed E-state index contributed by atoms with van der Waals surface area (Å²) in [4.78, 5) is 5.30. The van der Waals surface area contributed by atoms with E-state index in [-0.39, 0.29) is 0 Å². The van der Waals surface area contributed by atoms with Crippen molar-refractivity contribution in [3.63, 3.8) is 0 Å². The standard InChI is InChI=1S/C34H42O2S2/c1-3-5-7-23-35-25-21-27-9-13-29(14-10-27)31-17-19-33(37-31)34-20-18-32(38-34)30-15-11-28(12-16-30)22-26-36-24-8-6-4-2/h9-20H,3-8,21-26H2,1-2H3. The van der Waals surface area contributed by atoms with Gasteiger partial charge in [0.25, 0.3) is 0 Å². The van der Waals surface area contributed by atoms with Crippen molar-refractivity contribution in [3.05, 3.63) is 83.9 Å². The molecule has 4 rings (SSSR count). The van der Waals surface area contributed by atoms with Crippen LogP contribution in [0.3, 0.4) is 0 Å². The monoisotopic (exact) mass is 546 g/mol. The lowest BCUT2D eigenvalue weighted by atomic mass is 10.1. The summed E-state index contributed by atoms with van der Waals surface area (Å²) in [6, 6.07) is 27.0. The molecule has 0 saturated heterocycles. The van der Waals surface area contributed by atoms with Gasteiger partial charge < -0.3 is 9.47 Å². The van der Waals surface area contributed by atoms with Gasteiger partial charge in [0, 0.05) is 32.7 Å². The summed E-state index contributed by atoms with van der Waals surface area (Å²) in [5.74, 6) is 0. The van der Waals surface area contributed by atoms with Crippen LogP contribution < -0.4 is 0 Å². The minimum atomic E-state index is 0.809. The highest BCUT2D eigenvalue weighted by Crippen LogP contribution is 2.40. The average molecular weight is 547 g/mol. The number of unbranched alkanes of at least 4 members (excludes halogenated alkanes) is 4. The topological polar surface area (TPSA) is 18.5 Å². The fraction of sp³-hybridized carbons (Fsp3) is 0.412. The van der Waals surface area contributed by atoms with Crippen LogP contribution in [0.5, 0.6) is 0 Å². The van der Waals surface area contributed by atoms with Gasteiger partial charge in [-0.25, -0.2) is 0 Å². The maximum Gasteiger partial charge on any atom is 0.0506 e. The van der Waals surface area contributed by atoms with Crippen LogP contribution in [0.2, 0.25) is 0 Å². The number of rotatable bonds is 17. The summed E-state index contributed by atoms with van der Waals surface area (Å²) in [5, 5.41) is 0. The Labute approximate surface area is 237 Å². The first kappa shape index (κ1) is 28.8. The fourth-order valence-electron chi connectivity index (χ4n) is 4.41. The zero-order valence-electron chi connectivity index (χ0n) is 23.0. The van der Waals surface area contributed by atoms with Crippen molar-refractivity contribution >= 4 is 22.7 Å². The van der Waals surface area contributed by atoms with Crippen molar-refractivity contribution in [2.45, 2.75) is 65.2 Å². The third-order valence-corrected chi connectivity index (χ3v) is 9.25. The largest absolute Gasteiger partial charge is 0.381 e. The lowest BCUT2D eigenvalue weighted by molar-refractivity contribution is 0.133. The van der Waals surface area contributed by atoms with Crippen molar-refractivity contribution in [1.82, 2.24) is 0 Å². The molecular weight excluding hydrogens is 505 g/mol. The quantitative estimate of drug-likeness (QED) is 0.123.